The van der Waals surface area contributed by atoms with Gasteiger partial charge < -0.3 is 15.4 Å². The number of rotatable bonds is 6. The van der Waals surface area contributed by atoms with Crippen LogP contribution in [0.3, 0.4) is 0 Å². The van der Waals surface area contributed by atoms with Crippen molar-refractivity contribution in [3.63, 3.8) is 0 Å². The van der Waals surface area contributed by atoms with Gasteiger partial charge in [0.15, 0.2) is 0 Å². The molecule has 1 aliphatic heterocycles. The summed E-state index contributed by atoms with van der Waals surface area (Å²) in [4.78, 5) is 2.47. The number of ether oxygens (including phenoxy) is 1. The summed E-state index contributed by atoms with van der Waals surface area (Å²) >= 11 is 0. The highest BCUT2D eigenvalue weighted by atomic mass is 16.5. The Balaban J connectivity index is 1.99. The Morgan fingerprint density at radius 1 is 1.32 bits per heavy atom. The summed E-state index contributed by atoms with van der Waals surface area (Å²) in [5.41, 5.74) is 8.90. The minimum absolute atomic E-state index is 0.194. The fraction of sp³-hybridized carbons (Fsp3) is 0.625. The molecule has 0 aromatic heterocycles. The molecule has 0 spiro atoms. The first-order valence-corrected chi connectivity index (χ1v) is 7.36. The number of nitrogens with zero attached hydrogens (tertiary/aromatic N) is 1. The summed E-state index contributed by atoms with van der Waals surface area (Å²) in [5.74, 6) is 0.967. The van der Waals surface area contributed by atoms with Crippen LogP contribution in [-0.2, 0) is 12.8 Å². The molecular formula is C16H26N2O. The quantitative estimate of drug-likeness (QED) is 0.854. The minimum Gasteiger partial charge on any atom is -0.496 e. The summed E-state index contributed by atoms with van der Waals surface area (Å²) in [6.45, 7) is 5.59. The van der Waals surface area contributed by atoms with E-state index in [-0.39, 0.29) is 6.04 Å². The van der Waals surface area contributed by atoms with E-state index in [1.807, 2.05) is 0 Å². The molecule has 1 aliphatic rings. The maximum atomic E-state index is 6.30. The normalized spacial score (nSPS) is 17.6. The van der Waals surface area contributed by atoms with Crippen molar-refractivity contribution < 1.29 is 4.74 Å². The molecule has 1 heterocycles. The molecule has 0 saturated carbocycles. The van der Waals surface area contributed by atoms with Gasteiger partial charge in [0.2, 0.25) is 0 Å². The smallest absolute Gasteiger partial charge is 0.122 e. The van der Waals surface area contributed by atoms with Crippen LogP contribution in [0.5, 0.6) is 5.75 Å². The number of nitrogens with two attached hydrogens (primary N) is 1. The van der Waals surface area contributed by atoms with E-state index in [2.05, 4.69) is 30.0 Å². The molecule has 1 fully saturated rings. The van der Waals surface area contributed by atoms with Crippen LogP contribution in [0.2, 0.25) is 0 Å². The summed E-state index contributed by atoms with van der Waals surface area (Å²) in [7, 11) is 1.73. The molecule has 1 unspecified atom stereocenters. The van der Waals surface area contributed by atoms with Crippen molar-refractivity contribution in [3.8, 4) is 5.75 Å². The Labute approximate surface area is 116 Å². The molecule has 19 heavy (non-hydrogen) atoms. The zero-order valence-electron chi connectivity index (χ0n) is 12.2. The Bertz CT molecular complexity index is 400. The maximum absolute atomic E-state index is 6.30. The van der Waals surface area contributed by atoms with Gasteiger partial charge in [-0.3, -0.25) is 0 Å². The molecular weight excluding hydrogens is 236 g/mol. The van der Waals surface area contributed by atoms with Gasteiger partial charge >= 0.3 is 0 Å². The van der Waals surface area contributed by atoms with Gasteiger partial charge in [-0.15, -0.1) is 0 Å². The van der Waals surface area contributed by atoms with Gasteiger partial charge in [0.1, 0.15) is 5.75 Å². The lowest BCUT2D eigenvalue weighted by Gasteiger charge is -2.21. The van der Waals surface area contributed by atoms with Crippen LogP contribution in [0, 0.1) is 0 Å². The van der Waals surface area contributed by atoms with Gasteiger partial charge in [0.25, 0.3) is 0 Å². The van der Waals surface area contributed by atoms with E-state index in [0.717, 1.165) is 25.1 Å². The predicted molar refractivity (Wildman–Crippen MR) is 79.7 cm³/mol. The van der Waals surface area contributed by atoms with Crippen molar-refractivity contribution in [3.05, 3.63) is 29.3 Å². The first-order chi connectivity index (χ1) is 9.22. The summed E-state index contributed by atoms with van der Waals surface area (Å²) in [5, 5.41) is 0. The Morgan fingerprint density at radius 3 is 2.68 bits per heavy atom. The van der Waals surface area contributed by atoms with Crippen LogP contribution in [0.1, 0.15) is 30.9 Å². The van der Waals surface area contributed by atoms with Crippen molar-refractivity contribution in [1.82, 2.24) is 4.90 Å². The number of benzene rings is 1. The van der Waals surface area contributed by atoms with Crippen LogP contribution in [0.15, 0.2) is 18.2 Å². The van der Waals surface area contributed by atoms with E-state index in [4.69, 9.17) is 10.5 Å². The van der Waals surface area contributed by atoms with Crippen LogP contribution in [0.25, 0.3) is 0 Å². The number of hydrogen-bond donors (Lipinski definition) is 1. The van der Waals surface area contributed by atoms with Gasteiger partial charge in [-0.25, -0.2) is 0 Å². The van der Waals surface area contributed by atoms with Gasteiger partial charge in [0.05, 0.1) is 7.11 Å². The molecule has 0 aliphatic carbocycles. The number of likely N-dealkylation sites (tertiary alicyclic amines) is 1. The second-order valence-electron chi connectivity index (χ2n) is 5.47. The molecule has 1 aromatic carbocycles. The van der Waals surface area contributed by atoms with Crippen molar-refractivity contribution >= 4 is 0 Å². The largest absolute Gasteiger partial charge is 0.496 e. The zero-order chi connectivity index (χ0) is 13.7. The summed E-state index contributed by atoms with van der Waals surface area (Å²) in [6, 6.07) is 6.63. The highest BCUT2D eigenvalue weighted by Gasteiger charge is 2.16. The highest BCUT2D eigenvalue weighted by molar-refractivity contribution is 5.38. The third-order valence-electron chi connectivity index (χ3n) is 3.93. The van der Waals surface area contributed by atoms with Crippen molar-refractivity contribution in [1.29, 1.82) is 0 Å². The molecule has 0 amide bonds. The van der Waals surface area contributed by atoms with E-state index >= 15 is 0 Å². The fourth-order valence-electron chi connectivity index (χ4n) is 2.86. The van der Waals surface area contributed by atoms with Gasteiger partial charge in [-0.05, 0) is 56.0 Å². The lowest BCUT2D eigenvalue weighted by Crippen LogP contribution is -2.37. The van der Waals surface area contributed by atoms with Crippen molar-refractivity contribution in [2.24, 2.45) is 5.73 Å². The average molecular weight is 262 g/mol. The number of hydrogen-bond acceptors (Lipinski definition) is 3. The molecule has 106 valence electrons. The van der Waals surface area contributed by atoms with Crippen LogP contribution < -0.4 is 10.5 Å². The molecule has 3 heteroatoms. The molecule has 1 saturated heterocycles. The first kappa shape index (κ1) is 14.4. The van der Waals surface area contributed by atoms with E-state index in [1.165, 1.54) is 37.1 Å². The third kappa shape index (κ3) is 3.95. The number of aryl methyl sites for hydroxylation is 1. The van der Waals surface area contributed by atoms with Crippen LogP contribution in [0.4, 0.5) is 0 Å². The molecule has 1 aromatic rings. The molecule has 2 N–H and O–H groups in total. The third-order valence-corrected chi connectivity index (χ3v) is 3.93. The van der Waals surface area contributed by atoms with Crippen LogP contribution in [-0.4, -0.2) is 37.7 Å². The number of methoxy groups -OCH3 is 1. The van der Waals surface area contributed by atoms with Gasteiger partial charge in [0, 0.05) is 12.6 Å². The Kier molecular flexibility index (Phi) is 5.23. The topological polar surface area (TPSA) is 38.5 Å². The predicted octanol–water partition coefficient (Wildman–Crippen LogP) is 2.22. The van der Waals surface area contributed by atoms with E-state index in [0.29, 0.717) is 0 Å². The molecule has 0 bridgehead atoms. The van der Waals surface area contributed by atoms with Gasteiger partial charge in [-0.2, -0.15) is 0 Å². The molecule has 2 rings (SSSR count). The van der Waals surface area contributed by atoms with E-state index < -0.39 is 0 Å². The SMILES string of the molecule is CCc1ccc(OC)c(CC(N)CN2CCCC2)c1. The highest BCUT2D eigenvalue weighted by Crippen LogP contribution is 2.22. The van der Waals surface area contributed by atoms with E-state index in [9.17, 15) is 0 Å². The second-order valence-corrected chi connectivity index (χ2v) is 5.47. The van der Waals surface area contributed by atoms with Crippen molar-refractivity contribution in [2.45, 2.75) is 38.6 Å². The Morgan fingerprint density at radius 2 is 2.05 bits per heavy atom. The first-order valence-electron chi connectivity index (χ1n) is 7.36. The molecule has 0 radical (unpaired) electrons. The standard InChI is InChI=1S/C16H26N2O/c1-3-13-6-7-16(19-2)14(10-13)11-15(17)12-18-8-4-5-9-18/h6-7,10,15H,3-5,8-9,11-12,17H2,1-2H3. The summed E-state index contributed by atoms with van der Waals surface area (Å²) in [6.07, 6.45) is 4.59. The fourth-order valence-corrected chi connectivity index (χ4v) is 2.86. The average Bonchev–Trinajstić information content (AvgIpc) is 2.91. The second kappa shape index (κ2) is 6.92. The zero-order valence-corrected chi connectivity index (χ0v) is 12.2. The van der Waals surface area contributed by atoms with Crippen LogP contribution >= 0.6 is 0 Å². The lowest BCUT2D eigenvalue weighted by atomic mass is 10.0. The monoisotopic (exact) mass is 262 g/mol. The van der Waals surface area contributed by atoms with Gasteiger partial charge in [-0.1, -0.05) is 19.1 Å². The Hall–Kier alpha value is -1.06. The molecule has 3 nitrogen and oxygen atoms in total. The van der Waals surface area contributed by atoms with Crippen molar-refractivity contribution in [2.75, 3.05) is 26.7 Å². The van der Waals surface area contributed by atoms with E-state index in [1.54, 1.807) is 7.11 Å². The minimum atomic E-state index is 0.194. The summed E-state index contributed by atoms with van der Waals surface area (Å²) < 4.78 is 5.45. The maximum Gasteiger partial charge on any atom is 0.122 e. The molecule has 1 atom stereocenters. The lowest BCUT2D eigenvalue weighted by molar-refractivity contribution is 0.311.